The lowest BCUT2D eigenvalue weighted by atomic mass is 9.91. The van der Waals surface area contributed by atoms with Gasteiger partial charge in [-0.1, -0.05) is 13.8 Å². The van der Waals surface area contributed by atoms with Gasteiger partial charge in [-0.25, -0.2) is 0 Å². The van der Waals surface area contributed by atoms with Crippen LogP contribution in [0.1, 0.15) is 40.5 Å². The molecule has 1 fully saturated rings. The molecule has 2 nitrogen and oxygen atoms in total. The van der Waals surface area contributed by atoms with Crippen LogP contribution < -0.4 is 5.32 Å². The second-order valence-electron chi connectivity index (χ2n) is 4.45. The van der Waals surface area contributed by atoms with Gasteiger partial charge in [-0.05, 0) is 26.7 Å². The van der Waals surface area contributed by atoms with Crippen LogP contribution >= 0.6 is 0 Å². The third-order valence-corrected chi connectivity index (χ3v) is 3.72. The number of rotatable bonds is 3. The standard InChI is InChI=1S/C11H24N2/c1-5-11(4,6-2)13-8-7-12-9-10(13)3/h10,12H,5-9H2,1-4H3. The monoisotopic (exact) mass is 184 g/mol. The van der Waals surface area contributed by atoms with Gasteiger partial charge in [-0.2, -0.15) is 0 Å². The molecule has 1 unspecified atom stereocenters. The Bertz CT molecular complexity index is 152. The first-order valence-corrected chi connectivity index (χ1v) is 5.61. The van der Waals surface area contributed by atoms with Crippen molar-refractivity contribution in [3.63, 3.8) is 0 Å². The number of piperazine rings is 1. The van der Waals surface area contributed by atoms with E-state index in [2.05, 4.69) is 37.9 Å². The summed E-state index contributed by atoms with van der Waals surface area (Å²) < 4.78 is 0. The fraction of sp³-hybridized carbons (Fsp3) is 1.00. The molecule has 1 aliphatic rings. The molecular formula is C11H24N2. The van der Waals surface area contributed by atoms with Crippen molar-refractivity contribution in [2.45, 2.75) is 52.1 Å². The minimum atomic E-state index is 0.418. The zero-order valence-electron chi connectivity index (χ0n) is 9.56. The van der Waals surface area contributed by atoms with Gasteiger partial charge in [0.15, 0.2) is 0 Å². The summed E-state index contributed by atoms with van der Waals surface area (Å²) in [6.07, 6.45) is 2.52. The average molecular weight is 184 g/mol. The van der Waals surface area contributed by atoms with E-state index in [-0.39, 0.29) is 0 Å². The Morgan fingerprint density at radius 2 is 2.00 bits per heavy atom. The SMILES string of the molecule is CCC(C)(CC)N1CCNCC1C. The van der Waals surface area contributed by atoms with E-state index >= 15 is 0 Å². The molecule has 0 saturated carbocycles. The Morgan fingerprint density at radius 1 is 1.38 bits per heavy atom. The summed E-state index contributed by atoms with van der Waals surface area (Å²) in [6, 6.07) is 0.693. The Labute approximate surface area is 82.7 Å². The van der Waals surface area contributed by atoms with Crippen LogP contribution in [0.5, 0.6) is 0 Å². The zero-order valence-corrected chi connectivity index (χ0v) is 9.56. The summed E-state index contributed by atoms with van der Waals surface area (Å²) in [6.45, 7) is 12.8. The van der Waals surface area contributed by atoms with Crippen molar-refractivity contribution in [3.05, 3.63) is 0 Å². The van der Waals surface area contributed by atoms with Gasteiger partial charge in [0.05, 0.1) is 0 Å². The minimum Gasteiger partial charge on any atom is -0.314 e. The number of hydrogen-bond acceptors (Lipinski definition) is 2. The smallest absolute Gasteiger partial charge is 0.0198 e. The lowest BCUT2D eigenvalue weighted by Crippen LogP contribution is -2.58. The Balaban J connectivity index is 2.65. The zero-order chi connectivity index (χ0) is 9.90. The van der Waals surface area contributed by atoms with E-state index in [1.165, 1.54) is 19.4 Å². The number of hydrogen-bond donors (Lipinski definition) is 1. The van der Waals surface area contributed by atoms with Gasteiger partial charge < -0.3 is 5.32 Å². The van der Waals surface area contributed by atoms with Gasteiger partial charge in [0.1, 0.15) is 0 Å². The van der Waals surface area contributed by atoms with E-state index in [4.69, 9.17) is 0 Å². The minimum absolute atomic E-state index is 0.418. The van der Waals surface area contributed by atoms with Crippen molar-refractivity contribution in [1.82, 2.24) is 10.2 Å². The first-order valence-electron chi connectivity index (χ1n) is 5.61. The molecule has 1 N–H and O–H groups in total. The summed E-state index contributed by atoms with van der Waals surface area (Å²) in [4.78, 5) is 2.67. The van der Waals surface area contributed by atoms with Gasteiger partial charge in [0.25, 0.3) is 0 Å². The van der Waals surface area contributed by atoms with Crippen LogP contribution in [0, 0.1) is 0 Å². The van der Waals surface area contributed by atoms with Crippen molar-refractivity contribution in [1.29, 1.82) is 0 Å². The molecule has 13 heavy (non-hydrogen) atoms. The van der Waals surface area contributed by atoms with Crippen molar-refractivity contribution < 1.29 is 0 Å². The van der Waals surface area contributed by atoms with Crippen LogP contribution in [0.2, 0.25) is 0 Å². The van der Waals surface area contributed by atoms with E-state index < -0.39 is 0 Å². The molecule has 78 valence electrons. The molecule has 0 aliphatic carbocycles. The second-order valence-corrected chi connectivity index (χ2v) is 4.45. The molecule has 1 heterocycles. The molecular weight excluding hydrogens is 160 g/mol. The maximum Gasteiger partial charge on any atom is 0.0198 e. The van der Waals surface area contributed by atoms with Gasteiger partial charge in [0, 0.05) is 31.2 Å². The van der Waals surface area contributed by atoms with Crippen LogP contribution in [-0.2, 0) is 0 Å². The fourth-order valence-corrected chi connectivity index (χ4v) is 2.30. The van der Waals surface area contributed by atoms with Gasteiger partial charge in [-0.15, -0.1) is 0 Å². The molecule has 2 heteroatoms. The highest BCUT2D eigenvalue weighted by atomic mass is 15.3. The normalized spacial score (nSPS) is 26.3. The summed E-state index contributed by atoms with van der Waals surface area (Å²) in [7, 11) is 0. The molecule has 0 aromatic heterocycles. The Hall–Kier alpha value is -0.0800. The summed E-state index contributed by atoms with van der Waals surface area (Å²) in [5, 5.41) is 3.44. The highest BCUT2D eigenvalue weighted by molar-refractivity contribution is 4.90. The molecule has 0 amide bonds. The number of nitrogens with one attached hydrogen (secondary N) is 1. The van der Waals surface area contributed by atoms with Crippen molar-refractivity contribution in [3.8, 4) is 0 Å². The highest BCUT2D eigenvalue weighted by Gasteiger charge is 2.32. The van der Waals surface area contributed by atoms with E-state index in [0.29, 0.717) is 11.6 Å². The van der Waals surface area contributed by atoms with Crippen LogP contribution in [0.4, 0.5) is 0 Å². The summed E-state index contributed by atoms with van der Waals surface area (Å²) in [5.41, 5.74) is 0.418. The highest BCUT2D eigenvalue weighted by Crippen LogP contribution is 2.26. The van der Waals surface area contributed by atoms with Crippen molar-refractivity contribution in [2.24, 2.45) is 0 Å². The molecule has 1 aliphatic heterocycles. The Kier molecular flexibility index (Phi) is 3.74. The van der Waals surface area contributed by atoms with Gasteiger partial charge in [-0.3, -0.25) is 4.90 Å². The van der Waals surface area contributed by atoms with Crippen molar-refractivity contribution >= 4 is 0 Å². The van der Waals surface area contributed by atoms with Crippen LogP contribution in [0.15, 0.2) is 0 Å². The maximum atomic E-state index is 3.44. The van der Waals surface area contributed by atoms with Gasteiger partial charge in [0.2, 0.25) is 0 Å². The second kappa shape index (κ2) is 4.43. The predicted octanol–water partition coefficient (Wildman–Crippen LogP) is 1.86. The fourth-order valence-electron chi connectivity index (χ4n) is 2.30. The Morgan fingerprint density at radius 3 is 2.46 bits per heavy atom. The average Bonchev–Trinajstić information content (AvgIpc) is 2.17. The van der Waals surface area contributed by atoms with Crippen LogP contribution in [0.25, 0.3) is 0 Å². The molecule has 0 radical (unpaired) electrons. The first-order chi connectivity index (χ1) is 6.14. The lowest BCUT2D eigenvalue weighted by molar-refractivity contribution is 0.0387. The largest absolute Gasteiger partial charge is 0.314 e. The molecule has 0 aromatic rings. The van der Waals surface area contributed by atoms with Crippen molar-refractivity contribution in [2.75, 3.05) is 19.6 Å². The first kappa shape index (κ1) is 11.0. The molecule has 1 rings (SSSR count). The maximum absolute atomic E-state index is 3.44. The topological polar surface area (TPSA) is 15.3 Å². The third-order valence-electron chi connectivity index (χ3n) is 3.72. The van der Waals surface area contributed by atoms with E-state index in [0.717, 1.165) is 13.1 Å². The van der Waals surface area contributed by atoms with E-state index in [1.807, 2.05) is 0 Å². The van der Waals surface area contributed by atoms with E-state index in [1.54, 1.807) is 0 Å². The lowest BCUT2D eigenvalue weighted by Gasteiger charge is -2.46. The molecule has 1 saturated heterocycles. The molecule has 0 spiro atoms. The van der Waals surface area contributed by atoms with Gasteiger partial charge >= 0.3 is 0 Å². The summed E-state index contributed by atoms with van der Waals surface area (Å²) in [5.74, 6) is 0. The molecule has 1 atom stereocenters. The quantitative estimate of drug-likeness (QED) is 0.720. The van der Waals surface area contributed by atoms with Crippen LogP contribution in [-0.4, -0.2) is 36.1 Å². The molecule has 0 bridgehead atoms. The van der Waals surface area contributed by atoms with Crippen LogP contribution in [0.3, 0.4) is 0 Å². The van der Waals surface area contributed by atoms with E-state index in [9.17, 15) is 0 Å². The third kappa shape index (κ3) is 2.23. The number of nitrogens with zero attached hydrogens (tertiary/aromatic N) is 1. The predicted molar refractivity (Wildman–Crippen MR) is 58.0 cm³/mol. The molecule has 0 aromatic carbocycles. The summed E-state index contributed by atoms with van der Waals surface area (Å²) >= 11 is 0.